The second-order valence-corrected chi connectivity index (χ2v) is 8.31. The fourth-order valence-corrected chi connectivity index (χ4v) is 4.61. The summed E-state index contributed by atoms with van der Waals surface area (Å²) in [6.45, 7) is 5.97. The lowest BCUT2D eigenvalue weighted by molar-refractivity contribution is 0.578. The monoisotopic (exact) mass is 385 g/mol. The number of allylic oxidation sites excluding steroid dienone is 1. The summed E-state index contributed by atoms with van der Waals surface area (Å²) in [5.41, 5.74) is 8.89. The van der Waals surface area contributed by atoms with E-state index in [1.54, 1.807) is 17.4 Å². The maximum absolute atomic E-state index is 9.16. The number of benzene rings is 2. The second-order valence-electron chi connectivity index (χ2n) is 7.19. The van der Waals surface area contributed by atoms with Gasteiger partial charge in [-0.3, -0.25) is 0 Å². The van der Waals surface area contributed by atoms with Crippen LogP contribution in [0.3, 0.4) is 0 Å². The molecule has 0 radical (unpaired) electrons. The van der Waals surface area contributed by atoms with Crippen molar-refractivity contribution < 1.29 is 0 Å². The lowest BCUT2D eigenvalue weighted by Gasteiger charge is -2.29. The number of nitrogens with two attached hydrogens (primary N) is 1. The molecule has 4 rings (SSSR count). The van der Waals surface area contributed by atoms with Crippen LogP contribution in [0.15, 0.2) is 66.4 Å². The van der Waals surface area contributed by atoms with E-state index in [-0.39, 0.29) is 0 Å². The van der Waals surface area contributed by atoms with E-state index in [2.05, 4.69) is 60.0 Å². The van der Waals surface area contributed by atoms with E-state index < -0.39 is 0 Å². The Labute approximate surface area is 170 Å². The highest BCUT2D eigenvalue weighted by Gasteiger charge is 2.11. The summed E-state index contributed by atoms with van der Waals surface area (Å²) in [6, 6.07) is 19.6. The Balaban J connectivity index is 1.62. The number of fused-ring (bicyclic) bond motifs is 1. The number of thiophene rings is 1. The minimum Gasteiger partial charge on any atom is -0.398 e. The quantitative estimate of drug-likeness (QED) is 0.447. The Morgan fingerprint density at radius 3 is 2.54 bits per heavy atom. The number of anilines is 1. The van der Waals surface area contributed by atoms with E-state index >= 15 is 0 Å². The Bertz CT molecular complexity index is 1090. The van der Waals surface area contributed by atoms with E-state index in [4.69, 9.17) is 11.0 Å². The fourth-order valence-electron chi connectivity index (χ4n) is 3.66. The Morgan fingerprint density at radius 1 is 1.04 bits per heavy atom. The molecule has 0 bridgehead atoms. The van der Waals surface area contributed by atoms with Gasteiger partial charge in [-0.2, -0.15) is 5.26 Å². The molecule has 1 aliphatic rings. The summed E-state index contributed by atoms with van der Waals surface area (Å²) in [4.78, 5) is 4.67. The van der Waals surface area contributed by atoms with Crippen LogP contribution in [0.25, 0.3) is 27.3 Å². The Morgan fingerprint density at radius 2 is 1.79 bits per heavy atom. The maximum Gasteiger partial charge on any atom is 0.101 e. The molecule has 3 aromatic rings. The van der Waals surface area contributed by atoms with Gasteiger partial charge in [0.05, 0.1) is 5.57 Å². The molecule has 140 valence electrons. The van der Waals surface area contributed by atoms with E-state index in [0.29, 0.717) is 11.3 Å². The van der Waals surface area contributed by atoms with E-state index in [9.17, 15) is 0 Å². The largest absolute Gasteiger partial charge is 0.398 e. The molecule has 0 saturated carbocycles. The fraction of sp³-hybridized carbons (Fsp3) is 0.208. The van der Waals surface area contributed by atoms with Gasteiger partial charge in [-0.1, -0.05) is 24.8 Å². The highest BCUT2D eigenvalue weighted by Crippen LogP contribution is 2.33. The lowest BCUT2D eigenvalue weighted by atomic mass is 10.0. The predicted octanol–water partition coefficient (Wildman–Crippen LogP) is 5.94. The highest BCUT2D eigenvalue weighted by molar-refractivity contribution is 7.16. The van der Waals surface area contributed by atoms with Crippen molar-refractivity contribution in [1.82, 2.24) is 0 Å². The minimum atomic E-state index is 0.299. The van der Waals surface area contributed by atoms with Crippen LogP contribution in [0, 0.1) is 11.3 Å². The number of hydrogen-bond acceptors (Lipinski definition) is 4. The third kappa shape index (κ3) is 3.81. The highest BCUT2D eigenvalue weighted by atomic mass is 32.1. The zero-order valence-electron chi connectivity index (χ0n) is 15.8. The van der Waals surface area contributed by atoms with Gasteiger partial charge in [0.15, 0.2) is 0 Å². The normalized spacial score (nSPS) is 14.8. The number of piperidine rings is 1. The van der Waals surface area contributed by atoms with Gasteiger partial charge >= 0.3 is 0 Å². The van der Waals surface area contributed by atoms with Crippen molar-refractivity contribution >= 4 is 33.9 Å². The van der Waals surface area contributed by atoms with Crippen LogP contribution < -0.4 is 10.6 Å². The number of hydrogen-bond donors (Lipinski definition) is 1. The average Bonchev–Trinajstić information content (AvgIpc) is 3.20. The van der Waals surface area contributed by atoms with Crippen LogP contribution in [-0.2, 0) is 0 Å². The average molecular weight is 386 g/mol. The Kier molecular flexibility index (Phi) is 5.18. The first-order chi connectivity index (χ1) is 13.6. The SMILES string of the molecule is C=C(N)/C(C#N)=C/c1ccc(-c2ccc3cc(N4CCCCC4)ccc3c2)s1. The van der Waals surface area contributed by atoms with Gasteiger partial charge in [0, 0.05) is 34.2 Å². The van der Waals surface area contributed by atoms with Crippen LogP contribution in [0.5, 0.6) is 0 Å². The molecule has 2 aromatic carbocycles. The predicted molar refractivity (Wildman–Crippen MR) is 120 cm³/mol. The van der Waals surface area contributed by atoms with Gasteiger partial charge in [0.1, 0.15) is 6.07 Å². The van der Waals surface area contributed by atoms with Crippen LogP contribution in [0.4, 0.5) is 5.69 Å². The molecule has 3 nitrogen and oxygen atoms in total. The maximum atomic E-state index is 9.16. The molecule has 0 aliphatic carbocycles. The number of nitrogens with zero attached hydrogens (tertiary/aromatic N) is 2. The Hall–Kier alpha value is -3.03. The second kappa shape index (κ2) is 7.92. The molecule has 0 unspecified atom stereocenters. The van der Waals surface area contributed by atoms with Crippen molar-refractivity contribution in [1.29, 1.82) is 5.26 Å². The molecular formula is C24H23N3S. The summed E-state index contributed by atoms with van der Waals surface area (Å²) < 4.78 is 0. The smallest absolute Gasteiger partial charge is 0.101 e. The molecule has 4 heteroatoms. The topological polar surface area (TPSA) is 53.1 Å². The molecule has 2 heterocycles. The van der Waals surface area contributed by atoms with Crippen LogP contribution in [0.2, 0.25) is 0 Å². The van der Waals surface area contributed by atoms with Gasteiger partial charge < -0.3 is 10.6 Å². The molecule has 1 fully saturated rings. The van der Waals surface area contributed by atoms with Gasteiger partial charge in [0.25, 0.3) is 0 Å². The van der Waals surface area contributed by atoms with E-state index in [1.165, 1.54) is 46.2 Å². The van der Waals surface area contributed by atoms with Gasteiger partial charge in [-0.15, -0.1) is 11.3 Å². The van der Waals surface area contributed by atoms with Crippen molar-refractivity contribution in [3.8, 4) is 16.5 Å². The van der Waals surface area contributed by atoms with Crippen LogP contribution in [0.1, 0.15) is 24.1 Å². The van der Waals surface area contributed by atoms with Crippen molar-refractivity contribution in [2.75, 3.05) is 18.0 Å². The van der Waals surface area contributed by atoms with Crippen molar-refractivity contribution in [3.05, 3.63) is 71.3 Å². The van der Waals surface area contributed by atoms with Gasteiger partial charge in [-0.05, 0) is 72.0 Å². The van der Waals surface area contributed by atoms with Crippen LogP contribution in [-0.4, -0.2) is 13.1 Å². The van der Waals surface area contributed by atoms with Gasteiger partial charge in [0.2, 0.25) is 0 Å². The van der Waals surface area contributed by atoms with E-state index in [1.807, 2.05) is 6.07 Å². The van der Waals surface area contributed by atoms with Crippen molar-refractivity contribution in [2.45, 2.75) is 19.3 Å². The molecular weight excluding hydrogens is 362 g/mol. The molecule has 0 atom stereocenters. The van der Waals surface area contributed by atoms with Crippen molar-refractivity contribution in [3.63, 3.8) is 0 Å². The minimum absolute atomic E-state index is 0.299. The first-order valence-corrected chi connectivity index (χ1v) is 10.4. The molecule has 0 spiro atoms. The molecule has 2 N–H and O–H groups in total. The summed E-state index contributed by atoms with van der Waals surface area (Å²) in [7, 11) is 0. The van der Waals surface area contributed by atoms with Gasteiger partial charge in [-0.25, -0.2) is 0 Å². The van der Waals surface area contributed by atoms with Crippen molar-refractivity contribution in [2.24, 2.45) is 5.73 Å². The molecule has 28 heavy (non-hydrogen) atoms. The molecule has 1 saturated heterocycles. The zero-order chi connectivity index (χ0) is 19.5. The standard InChI is InChI=1S/C24H23N3S/c1-17(26)21(16-25)15-23-9-10-24(28-23)20-6-5-19-14-22(8-7-18(19)13-20)27-11-3-2-4-12-27/h5-10,13-15H,1-4,11-12,26H2/b21-15+. The summed E-state index contributed by atoms with van der Waals surface area (Å²) >= 11 is 1.65. The summed E-state index contributed by atoms with van der Waals surface area (Å²) in [5, 5.41) is 11.7. The summed E-state index contributed by atoms with van der Waals surface area (Å²) in [6.07, 6.45) is 5.72. The summed E-state index contributed by atoms with van der Waals surface area (Å²) in [5.74, 6) is 0. The third-order valence-electron chi connectivity index (χ3n) is 5.21. The van der Waals surface area contributed by atoms with E-state index in [0.717, 1.165) is 18.0 Å². The first kappa shape index (κ1) is 18.3. The molecule has 1 aliphatic heterocycles. The third-order valence-corrected chi connectivity index (χ3v) is 6.29. The zero-order valence-corrected chi connectivity index (χ0v) is 16.6. The lowest BCUT2D eigenvalue weighted by Crippen LogP contribution is -2.29. The number of rotatable bonds is 4. The first-order valence-electron chi connectivity index (χ1n) is 9.59. The van der Waals surface area contributed by atoms with Crippen LogP contribution >= 0.6 is 11.3 Å². The number of nitriles is 1. The molecule has 0 amide bonds. The molecule has 1 aromatic heterocycles.